The molecule has 0 aliphatic carbocycles. The van der Waals surface area contributed by atoms with Crippen LogP contribution in [0.3, 0.4) is 0 Å². The number of hydrogen-bond acceptors (Lipinski definition) is 5. The first-order chi connectivity index (χ1) is 19.8. The van der Waals surface area contributed by atoms with Gasteiger partial charge in [-0.05, 0) is 55.0 Å². The number of methoxy groups -OCH3 is 1. The van der Waals surface area contributed by atoms with E-state index in [4.69, 9.17) is 9.47 Å². The van der Waals surface area contributed by atoms with Gasteiger partial charge in [0.25, 0.3) is 11.5 Å². The molecule has 1 atom stereocenters. The third kappa shape index (κ3) is 5.16. The monoisotopic (exact) mass is 602 g/mol. The molecular formula is C29H32F6N2O5. The third-order valence-electron chi connectivity index (χ3n) is 7.82. The lowest BCUT2D eigenvalue weighted by Crippen LogP contribution is -2.53. The summed E-state index contributed by atoms with van der Waals surface area (Å²) >= 11 is 0. The molecule has 1 saturated heterocycles. The molecule has 1 fully saturated rings. The van der Waals surface area contributed by atoms with E-state index in [0.717, 1.165) is 17.0 Å². The number of halogens is 6. The number of carbonyl (C=O) groups is 2. The number of ether oxygens (including phenoxy) is 3. The summed E-state index contributed by atoms with van der Waals surface area (Å²) in [6.07, 6.45) is -9.70. The van der Waals surface area contributed by atoms with E-state index in [1.54, 1.807) is 38.1 Å². The van der Waals surface area contributed by atoms with Crippen LogP contribution in [0.15, 0.2) is 36.4 Å². The van der Waals surface area contributed by atoms with Gasteiger partial charge in [0.1, 0.15) is 17.0 Å². The van der Waals surface area contributed by atoms with E-state index in [1.165, 1.54) is 7.11 Å². The molecule has 0 radical (unpaired) electrons. The van der Waals surface area contributed by atoms with Crippen LogP contribution in [0.1, 0.15) is 61.8 Å². The van der Waals surface area contributed by atoms with Crippen molar-refractivity contribution in [3.8, 4) is 11.5 Å². The fraction of sp³-hybridized carbons (Fsp3) is 0.517. The molecule has 0 spiro atoms. The Kier molecular flexibility index (Phi) is 8.73. The van der Waals surface area contributed by atoms with Gasteiger partial charge in [0.2, 0.25) is 0 Å². The molecule has 2 aromatic rings. The molecule has 7 nitrogen and oxygen atoms in total. The Balaban J connectivity index is 1.43. The van der Waals surface area contributed by atoms with E-state index in [2.05, 4.69) is 10.1 Å². The quantitative estimate of drug-likeness (QED) is 0.180. The number of rotatable bonds is 11. The van der Waals surface area contributed by atoms with Crippen LogP contribution >= 0.6 is 0 Å². The largest absolute Gasteiger partial charge is 0.497 e. The van der Waals surface area contributed by atoms with Gasteiger partial charge in [-0.3, -0.25) is 9.69 Å². The fourth-order valence-electron chi connectivity index (χ4n) is 5.61. The van der Waals surface area contributed by atoms with E-state index in [9.17, 15) is 35.9 Å². The minimum absolute atomic E-state index is 0.0705. The highest BCUT2D eigenvalue weighted by atomic mass is 19.4. The molecule has 0 bridgehead atoms. The van der Waals surface area contributed by atoms with Crippen molar-refractivity contribution in [1.82, 2.24) is 10.2 Å². The standard InChI is InChI=1S/C29H32F6N2O5/c1-4-8-20-21-17-42-27(28(30,31)32,29(33,34)35)22(21)13-14-23(20)41-16-7-6-15-37-24(38)26(5-2,36-25(37)39)18-9-11-19(40-3)12-10-18/h9-14H,4-8,15-17H2,1-3H3,(H,36,39). The number of alkyl halides is 6. The fourth-order valence-corrected chi connectivity index (χ4v) is 5.61. The molecule has 42 heavy (non-hydrogen) atoms. The molecule has 0 saturated carbocycles. The number of urea groups is 1. The van der Waals surface area contributed by atoms with Crippen LogP contribution in [0.4, 0.5) is 31.1 Å². The van der Waals surface area contributed by atoms with Gasteiger partial charge in [-0.25, -0.2) is 4.79 Å². The first-order valence-corrected chi connectivity index (χ1v) is 13.6. The smallest absolute Gasteiger partial charge is 0.430 e. The average Bonchev–Trinajstić information content (AvgIpc) is 3.46. The Morgan fingerprint density at radius 2 is 1.64 bits per heavy atom. The predicted molar refractivity (Wildman–Crippen MR) is 139 cm³/mol. The van der Waals surface area contributed by atoms with E-state index in [1.807, 2.05) is 0 Å². The zero-order valence-electron chi connectivity index (χ0n) is 23.4. The summed E-state index contributed by atoms with van der Waals surface area (Å²) in [6.45, 7) is 2.87. The number of imide groups is 1. The lowest BCUT2D eigenvalue weighted by Gasteiger charge is -2.33. The molecule has 13 heteroatoms. The zero-order chi connectivity index (χ0) is 30.9. The lowest BCUT2D eigenvalue weighted by atomic mass is 9.87. The van der Waals surface area contributed by atoms with Crippen LogP contribution in [-0.2, 0) is 33.7 Å². The van der Waals surface area contributed by atoms with Gasteiger partial charge >= 0.3 is 18.4 Å². The number of amides is 3. The Bertz CT molecular complexity index is 1300. The molecule has 2 aliphatic heterocycles. The number of nitrogens with one attached hydrogen (secondary N) is 1. The average molecular weight is 603 g/mol. The van der Waals surface area contributed by atoms with Crippen LogP contribution in [0.2, 0.25) is 0 Å². The highest BCUT2D eigenvalue weighted by Crippen LogP contribution is 2.58. The molecule has 230 valence electrons. The number of carbonyl (C=O) groups excluding carboxylic acids is 2. The number of benzene rings is 2. The zero-order valence-corrected chi connectivity index (χ0v) is 23.4. The van der Waals surface area contributed by atoms with E-state index in [-0.39, 0.29) is 42.4 Å². The normalized spacial score (nSPS) is 20.1. The summed E-state index contributed by atoms with van der Waals surface area (Å²) in [6, 6.07) is 8.22. The summed E-state index contributed by atoms with van der Waals surface area (Å²) in [7, 11) is 1.52. The second-order valence-electron chi connectivity index (χ2n) is 10.2. The molecule has 3 amide bonds. The number of hydrogen-bond donors (Lipinski definition) is 1. The van der Waals surface area contributed by atoms with Crippen LogP contribution in [0, 0.1) is 0 Å². The topological polar surface area (TPSA) is 77.1 Å². The Morgan fingerprint density at radius 3 is 2.21 bits per heavy atom. The molecule has 1 N–H and O–H groups in total. The van der Waals surface area contributed by atoms with E-state index < -0.39 is 41.7 Å². The van der Waals surface area contributed by atoms with Gasteiger partial charge in [-0.2, -0.15) is 26.3 Å². The Labute approximate surface area is 239 Å². The second kappa shape index (κ2) is 11.7. The van der Waals surface area contributed by atoms with Gasteiger partial charge in [-0.15, -0.1) is 0 Å². The predicted octanol–water partition coefficient (Wildman–Crippen LogP) is 6.51. The highest BCUT2D eigenvalue weighted by Gasteiger charge is 2.75. The first kappa shape index (κ1) is 31.5. The molecule has 2 aromatic carbocycles. The highest BCUT2D eigenvalue weighted by molar-refractivity contribution is 6.07. The van der Waals surface area contributed by atoms with Gasteiger partial charge in [0, 0.05) is 17.7 Å². The van der Waals surface area contributed by atoms with Crippen LogP contribution in [0.5, 0.6) is 11.5 Å². The minimum atomic E-state index is -5.70. The van der Waals surface area contributed by atoms with Crippen LogP contribution < -0.4 is 14.8 Å². The van der Waals surface area contributed by atoms with Crippen molar-refractivity contribution < 1.29 is 50.1 Å². The van der Waals surface area contributed by atoms with Crippen LogP contribution in [0.25, 0.3) is 0 Å². The van der Waals surface area contributed by atoms with Crippen molar-refractivity contribution in [3.63, 3.8) is 0 Å². The molecule has 2 aliphatic rings. The summed E-state index contributed by atoms with van der Waals surface area (Å²) in [5, 5.41) is 2.80. The van der Waals surface area contributed by atoms with Gasteiger partial charge in [0.05, 0.1) is 20.3 Å². The second-order valence-corrected chi connectivity index (χ2v) is 10.2. The van der Waals surface area contributed by atoms with Crippen molar-refractivity contribution in [1.29, 1.82) is 0 Å². The van der Waals surface area contributed by atoms with Crippen molar-refractivity contribution in [3.05, 3.63) is 58.7 Å². The van der Waals surface area contributed by atoms with Crippen LogP contribution in [-0.4, -0.2) is 49.5 Å². The Morgan fingerprint density at radius 1 is 0.976 bits per heavy atom. The number of fused-ring (bicyclic) bond motifs is 1. The van der Waals surface area contributed by atoms with Crippen molar-refractivity contribution in [2.75, 3.05) is 20.3 Å². The maximum absolute atomic E-state index is 13.7. The first-order valence-electron chi connectivity index (χ1n) is 13.6. The molecule has 0 aromatic heterocycles. The Hall–Kier alpha value is -3.48. The van der Waals surface area contributed by atoms with Crippen molar-refractivity contribution in [2.24, 2.45) is 0 Å². The minimum Gasteiger partial charge on any atom is -0.497 e. The number of nitrogens with zero attached hydrogens (tertiary/aromatic N) is 1. The van der Waals surface area contributed by atoms with Crippen molar-refractivity contribution >= 4 is 11.9 Å². The van der Waals surface area contributed by atoms with Crippen molar-refractivity contribution in [2.45, 2.75) is 76.1 Å². The molecule has 2 heterocycles. The summed E-state index contributed by atoms with van der Waals surface area (Å²) in [5.41, 5.74) is -5.86. The molecule has 4 rings (SSSR count). The molecular weight excluding hydrogens is 570 g/mol. The maximum Gasteiger partial charge on any atom is 0.430 e. The van der Waals surface area contributed by atoms with E-state index >= 15 is 0 Å². The van der Waals surface area contributed by atoms with Gasteiger partial charge in [0.15, 0.2) is 0 Å². The lowest BCUT2D eigenvalue weighted by molar-refractivity contribution is -0.385. The summed E-state index contributed by atoms with van der Waals surface area (Å²) < 4.78 is 97.9. The SMILES string of the molecule is CCCc1c(OCCCCN2C(=O)NC(CC)(c3ccc(OC)cc3)C2=O)ccc2c1COC2(C(F)(F)F)C(F)(F)F. The van der Waals surface area contributed by atoms with Gasteiger partial charge < -0.3 is 19.5 Å². The molecule has 1 unspecified atom stereocenters. The van der Waals surface area contributed by atoms with E-state index in [0.29, 0.717) is 37.0 Å². The third-order valence-corrected chi connectivity index (χ3v) is 7.82. The number of unbranched alkanes of at least 4 members (excludes halogenated alkanes) is 1. The summed E-state index contributed by atoms with van der Waals surface area (Å²) in [5.74, 6) is 0.401. The maximum atomic E-state index is 13.7. The summed E-state index contributed by atoms with van der Waals surface area (Å²) in [4.78, 5) is 27.2. The van der Waals surface area contributed by atoms with Gasteiger partial charge in [-0.1, -0.05) is 38.5 Å².